The molecule has 25 heavy (non-hydrogen) atoms. The maximum absolute atomic E-state index is 12.3. The van der Waals surface area contributed by atoms with Crippen molar-refractivity contribution in [1.82, 2.24) is 24.9 Å². The molecule has 1 aliphatic heterocycles. The molecule has 1 N–H and O–H groups in total. The molecule has 8 heteroatoms. The van der Waals surface area contributed by atoms with E-state index in [-0.39, 0.29) is 24.7 Å². The van der Waals surface area contributed by atoms with Gasteiger partial charge in [-0.3, -0.25) is 14.2 Å². The van der Waals surface area contributed by atoms with Crippen LogP contribution < -0.4 is 10.1 Å². The fraction of sp³-hybridized carbons (Fsp3) is 0.588. The van der Waals surface area contributed by atoms with Crippen molar-refractivity contribution in [3.63, 3.8) is 0 Å². The lowest BCUT2D eigenvalue weighted by Gasteiger charge is -2.20. The van der Waals surface area contributed by atoms with Gasteiger partial charge in [0, 0.05) is 32.0 Å². The Morgan fingerprint density at radius 3 is 2.68 bits per heavy atom. The Morgan fingerprint density at radius 2 is 2.08 bits per heavy atom. The van der Waals surface area contributed by atoms with Gasteiger partial charge in [0.05, 0.1) is 17.9 Å². The van der Waals surface area contributed by atoms with E-state index in [2.05, 4.69) is 15.5 Å². The number of carbonyl (C=O) groups is 1. The molecule has 3 heterocycles. The molecule has 1 amide bonds. The van der Waals surface area contributed by atoms with Crippen LogP contribution >= 0.6 is 0 Å². The molecular weight excluding hydrogens is 322 g/mol. The predicted octanol–water partition coefficient (Wildman–Crippen LogP) is 1.10. The van der Waals surface area contributed by atoms with Gasteiger partial charge in [-0.15, -0.1) is 0 Å². The Morgan fingerprint density at radius 1 is 1.32 bits per heavy atom. The summed E-state index contributed by atoms with van der Waals surface area (Å²) in [7, 11) is 3.75. The highest BCUT2D eigenvalue weighted by Gasteiger charge is 2.33. The van der Waals surface area contributed by atoms with Crippen LogP contribution in [-0.2, 0) is 23.6 Å². The fourth-order valence-corrected chi connectivity index (χ4v) is 3.19. The fourth-order valence-electron chi connectivity index (χ4n) is 3.19. The lowest BCUT2D eigenvalue weighted by atomic mass is 10.0. The van der Waals surface area contributed by atoms with Gasteiger partial charge in [0.15, 0.2) is 12.4 Å². The number of ether oxygens (including phenoxy) is 2. The molecule has 0 bridgehead atoms. The molecule has 1 aliphatic rings. The number of aryl methyl sites for hydroxylation is 3. The van der Waals surface area contributed by atoms with Crippen molar-refractivity contribution in [3.8, 4) is 5.75 Å². The molecule has 8 nitrogen and oxygen atoms in total. The Kier molecular flexibility index (Phi) is 4.80. The van der Waals surface area contributed by atoms with Crippen LogP contribution in [0.5, 0.6) is 5.75 Å². The first-order valence-electron chi connectivity index (χ1n) is 8.41. The minimum Gasteiger partial charge on any atom is -0.480 e. The molecule has 136 valence electrons. The number of nitrogens with one attached hydrogen (secondary N) is 1. The van der Waals surface area contributed by atoms with Gasteiger partial charge in [0.1, 0.15) is 11.8 Å². The van der Waals surface area contributed by atoms with E-state index in [9.17, 15) is 4.79 Å². The number of amides is 1. The summed E-state index contributed by atoms with van der Waals surface area (Å²) in [6.07, 6.45) is 2.42. The maximum Gasteiger partial charge on any atom is 0.258 e. The average Bonchev–Trinajstić information content (AvgIpc) is 3.20. The summed E-state index contributed by atoms with van der Waals surface area (Å²) >= 11 is 0. The zero-order chi connectivity index (χ0) is 18.1. The molecule has 2 atom stereocenters. The van der Waals surface area contributed by atoms with Gasteiger partial charge in [-0.05, 0) is 27.2 Å². The van der Waals surface area contributed by atoms with Gasteiger partial charge in [0.2, 0.25) is 0 Å². The van der Waals surface area contributed by atoms with Crippen molar-refractivity contribution < 1.29 is 14.3 Å². The standard InChI is InChI=1S/C17H25N5O3/c1-10-16(12(3)22(5)20-10)25-9-15(23)19-14-6-7-24-17(14)13-8-18-21(4)11(13)2/h8,14,17H,6-7,9H2,1-5H3,(H,19,23)/t14-,17+/m0/s1. The Balaban J connectivity index is 1.61. The SMILES string of the molecule is Cc1nn(C)c(C)c1OCC(=O)N[C@H]1CCO[C@@H]1c1cnn(C)c1C. The second kappa shape index (κ2) is 6.87. The number of rotatable bonds is 5. The molecule has 2 aromatic rings. The minimum absolute atomic E-state index is 0.0391. The topological polar surface area (TPSA) is 83.2 Å². The summed E-state index contributed by atoms with van der Waals surface area (Å²) in [5.74, 6) is 0.504. The van der Waals surface area contributed by atoms with Crippen molar-refractivity contribution in [2.24, 2.45) is 14.1 Å². The third-order valence-corrected chi connectivity index (χ3v) is 4.81. The minimum atomic E-state index is -0.167. The summed E-state index contributed by atoms with van der Waals surface area (Å²) in [5, 5.41) is 11.6. The van der Waals surface area contributed by atoms with Crippen LogP contribution in [0.3, 0.4) is 0 Å². The van der Waals surface area contributed by atoms with Crippen LogP contribution in [0.4, 0.5) is 0 Å². The first-order valence-corrected chi connectivity index (χ1v) is 8.41. The van der Waals surface area contributed by atoms with Crippen LogP contribution in [0.1, 0.15) is 35.2 Å². The van der Waals surface area contributed by atoms with E-state index in [0.29, 0.717) is 12.4 Å². The second-order valence-corrected chi connectivity index (χ2v) is 6.48. The maximum atomic E-state index is 12.3. The van der Waals surface area contributed by atoms with Crippen LogP contribution in [0.2, 0.25) is 0 Å². The molecular formula is C17H25N5O3. The quantitative estimate of drug-likeness (QED) is 0.876. The molecule has 2 aromatic heterocycles. The van der Waals surface area contributed by atoms with E-state index in [1.807, 2.05) is 45.7 Å². The summed E-state index contributed by atoms with van der Waals surface area (Å²) in [6.45, 7) is 6.36. The molecule has 3 rings (SSSR count). The van der Waals surface area contributed by atoms with E-state index in [0.717, 1.165) is 29.1 Å². The first kappa shape index (κ1) is 17.5. The summed E-state index contributed by atoms with van der Waals surface area (Å²) < 4.78 is 15.1. The van der Waals surface area contributed by atoms with E-state index >= 15 is 0 Å². The van der Waals surface area contributed by atoms with Crippen LogP contribution in [0, 0.1) is 20.8 Å². The molecule has 1 fully saturated rings. The molecule has 0 aromatic carbocycles. The van der Waals surface area contributed by atoms with Crippen molar-refractivity contribution >= 4 is 5.91 Å². The number of nitrogens with zero attached hydrogens (tertiary/aromatic N) is 4. The molecule has 0 unspecified atom stereocenters. The number of aromatic nitrogens is 4. The predicted molar refractivity (Wildman–Crippen MR) is 91.4 cm³/mol. The highest BCUT2D eigenvalue weighted by atomic mass is 16.5. The normalized spacial score (nSPS) is 20.0. The largest absolute Gasteiger partial charge is 0.480 e. The van der Waals surface area contributed by atoms with E-state index < -0.39 is 0 Å². The first-order chi connectivity index (χ1) is 11.9. The highest BCUT2D eigenvalue weighted by molar-refractivity contribution is 5.78. The Labute approximate surface area is 147 Å². The van der Waals surface area contributed by atoms with Crippen LogP contribution in [0.25, 0.3) is 0 Å². The van der Waals surface area contributed by atoms with E-state index in [1.54, 1.807) is 4.68 Å². The molecule has 0 aliphatic carbocycles. The highest BCUT2D eigenvalue weighted by Crippen LogP contribution is 2.31. The van der Waals surface area contributed by atoms with E-state index in [4.69, 9.17) is 9.47 Å². The third-order valence-electron chi connectivity index (χ3n) is 4.81. The van der Waals surface area contributed by atoms with Gasteiger partial charge in [0.25, 0.3) is 5.91 Å². The van der Waals surface area contributed by atoms with Gasteiger partial charge in [-0.2, -0.15) is 10.2 Å². The van der Waals surface area contributed by atoms with Gasteiger partial charge < -0.3 is 14.8 Å². The summed E-state index contributed by atoms with van der Waals surface area (Å²) in [5.41, 5.74) is 3.74. The molecule has 1 saturated heterocycles. The van der Waals surface area contributed by atoms with Gasteiger partial charge in [-0.25, -0.2) is 0 Å². The molecule has 0 spiro atoms. The monoisotopic (exact) mass is 347 g/mol. The summed E-state index contributed by atoms with van der Waals surface area (Å²) in [6, 6.07) is -0.0740. The third kappa shape index (κ3) is 3.39. The summed E-state index contributed by atoms with van der Waals surface area (Å²) in [4.78, 5) is 12.3. The van der Waals surface area contributed by atoms with Crippen molar-refractivity contribution in [2.45, 2.75) is 39.3 Å². The lowest BCUT2D eigenvalue weighted by Crippen LogP contribution is -2.39. The van der Waals surface area contributed by atoms with E-state index in [1.165, 1.54) is 0 Å². The van der Waals surface area contributed by atoms with Crippen molar-refractivity contribution in [2.75, 3.05) is 13.2 Å². The average molecular weight is 347 g/mol. The van der Waals surface area contributed by atoms with Crippen LogP contribution in [-0.4, -0.2) is 44.7 Å². The number of hydrogen-bond donors (Lipinski definition) is 1. The molecule has 0 radical (unpaired) electrons. The zero-order valence-electron chi connectivity index (χ0n) is 15.4. The van der Waals surface area contributed by atoms with Gasteiger partial charge >= 0.3 is 0 Å². The smallest absolute Gasteiger partial charge is 0.258 e. The second-order valence-electron chi connectivity index (χ2n) is 6.48. The number of carbonyl (C=O) groups excluding carboxylic acids is 1. The van der Waals surface area contributed by atoms with Gasteiger partial charge in [-0.1, -0.05) is 0 Å². The Bertz CT molecular complexity index is 780. The molecule has 0 saturated carbocycles. The van der Waals surface area contributed by atoms with Crippen molar-refractivity contribution in [1.29, 1.82) is 0 Å². The zero-order valence-corrected chi connectivity index (χ0v) is 15.4. The number of hydrogen-bond acceptors (Lipinski definition) is 5. The van der Waals surface area contributed by atoms with Crippen LogP contribution in [0.15, 0.2) is 6.20 Å². The Hall–Kier alpha value is -2.35. The lowest BCUT2D eigenvalue weighted by molar-refractivity contribution is -0.124. The van der Waals surface area contributed by atoms with Crippen molar-refractivity contribution in [3.05, 3.63) is 28.8 Å².